The number of ether oxygens (including phenoxy) is 4. The number of rotatable bonds is 6. The van der Waals surface area contributed by atoms with E-state index in [0.717, 1.165) is 41.2 Å². The van der Waals surface area contributed by atoms with E-state index >= 15 is 0 Å². The lowest BCUT2D eigenvalue weighted by Crippen LogP contribution is -2.06. The number of hydrogen-bond acceptors (Lipinski definition) is 5. The molecule has 24 heavy (non-hydrogen) atoms. The highest BCUT2D eigenvalue weighted by molar-refractivity contribution is 6.01. The van der Waals surface area contributed by atoms with Gasteiger partial charge in [0.05, 0.1) is 13.2 Å². The highest BCUT2D eigenvalue weighted by Crippen LogP contribution is 2.35. The third-order valence-corrected chi connectivity index (χ3v) is 4.19. The molecule has 1 aliphatic heterocycles. The van der Waals surface area contributed by atoms with E-state index in [0.29, 0.717) is 25.4 Å². The number of ketones is 1. The van der Waals surface area contributed by atoms with E-state index in [4.69, 9.17) is 18.9 Å². The Balaban J connectivity index is 1.26. The van der Waals surface area contributed by atoms with Crippen molar-refractivity contribution in [2.75, 3.05) is 20.0 Å². The molecule has 0 spiro atoms. The van der Waals surface area contributed by atoms with Crippen molar-refractivity contribution in [2.45, 2.75) is 19.3 Å². The molecule has 0 aromatic heterocycles. The van der Waals surface area contributed by atoms with Crippen LogP contribution in [0.4, 0.5) is 0 Å². The first-order chi connectivity index (χ1) is 11.8. The van der Waals surface area contributed by atoms with Crippen molar-refractivity contribution in [1.29, 1.82) is 0 Å². The van der Waals surface area contributed by atoms with Gasteiger partial charge in [-0.3, -0.25) is 4.79 Å². The molecule has 0 radical (unpaired) electrons. The summed E-state index contributed by atoms with van der Waals surface area (Å²) >= 11 is 0. The van der Waals surface area contributed by atoms with Crippen molar-refractivity contribution in [1.82, 2.24) is 0 Å². The van der Waals surface area contributed by atoms with Crippen LogP contribution in [0.2, 0.25) is 0 Å². The lowest BCUT2D eigenvalue weighted by Gasteiger charge is -2.11. The van der Waals surface area contributed by atoms with E-state index in [2.05, 4.69) is 0 Å². The van der Waals surface area contributed by atoms with Crippen LogP contribution in [-0.2, 0) is 6.42 Å². The van der Waals surface area contributed by atoms with Crippen molar-refractivity contribution in [3.8, 4) is 23.0 Å². The molecule has 1 heterocycles. The monoisotopic (exact) mass is 326 g/mol. The summed E-state index contributed by atoms with van der Waals surface area (Å²) in [5.41, 5.74) is 1.85. The van der Waals surface area contributed by atoms with Crippen LogP contribution in [0.15, 0.2) is 36.4 Å². The molecule has 2 aromatic rings. The van der Waals surface area contributed by atoms with Gasteiger partial charge in [-0.1, -0.05) is 12.1 Å². The molecule has 5 heteroatoms. The summed E-state index contributed by atoms with van der Waals surface area (Å²) in [5.74, 6) is 3.25. The van der Waals surface area contributed by atoms with Crippen molar-refractivity contribution >= 4 is 5.78 Å². The number of carbonyl (C=O) groups excluding carboxylic acids is 1. The maximum Gasteiger partial charge on any atom is 0.231 e. The second kappa shape index (κ2) is 6.43. The quantitative estimate of drug-likeness (QED) is 0.762. The van der Waals surface area contributed by atoms with Crippen LogP contribution in [0.5, 0.6) is 23.0 Å². The number of carbonyl (C=O) groups is 1. The summed E-state index contributed by atoms with van der Waals surface area (Å²) in [4.78, 5) is 11.7. The van der Waals surface area contributed by atoms with Crippen LogP contribution in [0, 0.1) is 0 Å². The predicted octanol–water partition coefficient (Wildman–Crippen LogP) is 3.39. The molecule has 0 N–H and O–H groups in total. The van der Waals surface area contributed by atoms with Gasteiger partial charge in [0.15, 0.2) is 17.3 Å². The maximum absolute atomic E-state index is 11.7. The smallest absolute Gasteiger partial charge is 0.231 e. The van der Waals surface area contributed by atoms with Crippen LogP contribution >= 0.6 is 0 Å². The number of hydrogen-bond donors (Lipinski definition) is 0. The fourth-order valence-electron chi connectivity index (χ4n) is 2.99. The summed E-state index contributed by atoms with van der Waals surface area (Å²) < 4.78 is 22.1. The molecule has 0 saturated carbocycles. The molecule has 5 nitrogen and oxygen atoms in total. The van der Waals surface area contributed by atoms with Gasteiger partial charge in [0.1, 0.15) is 11.5 Å². The van der Waals surface area contributed by atoms with Crippen molar-refractivity contribution in [2.24, 2.45) is 0 Å². The summed E-state index contributed by atoms with van der Waals surface area (Å²) in [6.45, 7) is 1.36. The van der Waals surface area contributed by atoms with Crippen molar-refractivity contribution in [3.05, 3.63) is 47.5 Å². The second-order valence-corrected chi connectivity index (χ2v) is 5.77. The first kappa shape index (κ1) is 14.9. The summed E-state index contributed by atoms with van der Waals surface area (Å²) in [7, 11) is 0. The molecule has 4 rings (SSSR count). The van der Waals surface area contributed by atoms with E-state index in [1.807, 2.05) is 36.4 Å². The van der Waals surface area contributed by atoms with E-state index in [1.54, 1.807) is 0 Å². The van der Waals surface area contributed by atoms with Crippen molar-refractivity contribution < 1.29 is 23.7 Å². The zero-order chi connectivity index (χ0) is 16.4. The normalized spacial score (nSPS) is 14.6. The van der Waals surface area contributed by atoms with Crippen LogP contribution in [0.1, 0.15) is 28.8 Å². The summed E-state index contributed by atoms with van der Waals surface area (Å²) in [5, 5.41) is 0. The maximum atomic E-state index is 11.7. The highest BCUT2D eigenvalue weighted by Gasteiger charge is 2.22. The van der Waals surface area contributed by atoms with Gasteiger partial charge < -0.3 is 18.9 Å². The third-order valence-electron chi connectivity index (χ3n) is 4.19. The Bertz CT molecular complexity index is 768. The van der Waals surface area contributed by atoms with E-state index in [1.165, 1.54) is 0 Å². The summed E-state index contributed by atoms with van der Waals surface area (Å²) in [6, 6.07) is 11.2. The SMILES string of the molecule is O=C1CCc2c(OCCCOc3ccc4c(c3)OCO4)cccc21. The van der Waals surface area contributed by atoms with E-state index in [9.17, 15) is 4.79 Å². The Morgan fingerprint density at radius 3 is 2.79 bits per heavy atom. The fraction of sp³-hybridized carbons (Fsp3) is 0.316. The van der Waals surface area contributed by atoms with E-state index < -0.39 is 0 Å². The number of Topliss-reactive ketones (excluding diaryl/α,β-unsaturated/α-hetero) is 1. The van der Waals surface area contributed by atoms with Gasteiger partial charge in [0.2, 0.25) is 6.79 Å². The van der Waals surface area contributed by atoms with Gasteiger partial charge >= 0.3 is 0 Å². The van der Waals surface area contributed by atoms with Crippen molar-refractivity contribution in [3.63, 3.8) is 0 Å². The van der Waals surface area contributed by atoms with Crippen LogP contribution < -0.4 is 18.9 Å². The molecular formula is C19H18O5. The second-order valence-electron chi connectivity index (χ2n) is 5.77. The van der Waals surface area contributed by atoms with Crippen LogP contribution in [0.25, 0.3) is 0 Å². The molecule has 2 aromatic carbocycles. The molecule has 0 saturated heterocycles. The zero-order valence-corrected chi connectivity index (χ0v) is 13.2. The minimum Gasteiger partial charge on any atom is -0.493 e. The van der Waals surface area contributed by atoms with Gasteiger partial charge in [-0.25, -0.2) is 0 Å². The highest BCUT2D eigenvalue weighted by atomic mass is 16.7. The Hall–Kier alpha value is -2.69. The number of fused-ring (bicyclic) bond motifs is 2. The minimum atomic E-state index is 0.210. The predicted molar refractivity (Wildman–Crippen MR) is 87.3 cm³/mol. The van der Waals surface area contributed by atoms with Crippen LogP contribution in [0.3, 0.4) is 0 Å². The topological polar surface area (TPSA) is 54.0 Å². The molecule has 0 amide bonds. The van der Waals surface area contributed by atoms with Gasteiger partial charge in [-0.2, -0.15) is 0 Å². The molecule has 0 bridgehead atoms. The number of benzene rings is 2. The minimum absolute atomic E-state index is 0.210. The van der Waals surface area contributed by atoms with E-state index in [-0.39, 0.29) is 12.6 Å². The zero-order valence-electron chi connectivity index (χ0n) is 13.2. The first-order valence-electron chi connectivity index (χ1n) is 8.11. The Labute approximate surface area is 140 Å². The van der Waals surface area contributed by atoms with Gasteiger partial charge in [-0.05, 0) is 24.6 Å². The summed E-state index contributed by atoms with van der Waals surface area (Å²) in [6.07, 6.45) is 2.12. The average molecular weight is 326 g/mol. The lowest BCUT2D eigenvalue weighted by molar-refractivity contribution is 0.0994. The third kappa shape index (κ3) is 2.89. The molecule has 0 atom stereocenters. The first-order valence-corrected chi connectivity index (χ1v) is 8.11. The molecule has 1 aliphatic carbocycles. The standard InChI is InChI=1S/C19H18O5/c20-16-7-6-15-14(16)3-1-4-17(15)22-10-2-9-21-13-5-8-18-19(11-13)24-12-23-18/h1,3-5,8,11H,2,6-7,9-10,12H2. The Morgan fingerprint density at radius 2 is 1.83 bits per heavy atom. The lowest BCUT2D eigenvalue weighted by atomic mass is 10.1. The molecular weight excluding hydrogens is 308 g/mol. The van der Waals surface area contributed by atoms with Gasteiger partial charge in [0, 0.05) is 30.0 Å². The van der Waals surface area contributed by atoms with Gasteiger partial charge in [-0.15, -0.1) is 0 Å². The van der Waals surface area contributed by atoms with Crippen LogP contribution in [-0.4, -0.2) is 25.8 Å². The molecule has 2 aliphatic rings. The Kier molecular flexibility index (Phi) is 3.99. The largest absolute Gasteiger partial charge is 0.493 e. The molecule has 124 valence electrons. The average Bonchev–Trinajstić information content (AvgIpc) is 3.21. The molecule has 0 fully saturated rings. The fourth-order valence-corrected chi connectivity index (χ4v) is 2.99. The Morgan fingerprint density at radius 1 is 0.958 bits per heavy atom. The van der Waals surface area contributed by atoms with Gasteiger partial charge in [0.25, 0.3) is 0 Å². The molecule has 0 unspecified atom stereocenters.